The molecule has 0 aromatic carbocycles. The van der Waals surface area contributed by atoms with Gasteiger partial charge >= 0.3 is 0 Å². The van der Waals surface area contributed by atoms with Crippen LogP contribution in [0.4, 0.5) is 5.82 Å². The molecule has 3 rings (SSSR count). The molecule has 2 aliphatic rings. The summed E-state index contributed by atoms with van der Waals surface area (Å²) in [5, 5.41) is 3.45. The number of hydrogen-bond acceptors (Lipinski definition) is 4. The van der Waals surface area contributed by atoms with Gasteiger partial charge in [0.15, 0.2) is 0 Å². The molecule has 0 unspecified atom stereocenters. The number of nitrogens with zero attached hydrogens (tertiary/aromatic N) is 3. The lowest BCUT2D eigenvalue weighted by Crippen LogP contribution is -2.26. The van der Waals surface area contributed by atoms with E-state index in [-0.39, 0.29) is 0 Å². The third kappa shape index (κ3) is 2.75. The number of aromatic nitrogens is 2. The van der Waals surface area contributed by atoms with Crippen molar-refractivity contribution >= 4 is 5.82 Å². The molecule has 1 aromatic rings. The normalized spacial score (nSPS) is 19.4. The Morgan fingerprint density at radius 2 is 2.06 bits per heavy atom. The Hall–Kier alpha value is -1.16. The maximum Gasteiger partial charge on any atom is 0.147 e. The summed E-state index contributed by atoms with van der Waals surface area (Å²) in [6.07, 6.45) is 9.08. The summed E-state index contributed by atoms with van der Waals surface area (Å²) >= 11 is 0. The van der Waals surface area contributed by atoms with E-state index in [1.165, 1.54) is 25.7 Å². The first-order valence-electron chi connectivity index (χ1n) is 6.67. The average molecular weight is 232 g/mol. The third-order valence-corrected chi connectivity index (χ3v) is 3.46. The van der Waals surface area contributed by atoms with E-state index in [0.717, 1.165) is 30.6 Å². The van der Waals surface area contributed by atoms with Crippen LogP contribution in [0, 0.1) is 0 Å². The van der Waals surface area contributed by atoms with Gasteiger partial charge in [0.2, 0.25) is 0 Å². The number of anilines is 1. The van der Waals surface area contributed by atoms with Gasteiger partial charge in [-0.25, -0.2) is 4.98 Å². The Morgan fingerprint density at radius 1 is 1.24 bits per heavy atom. The van der Waals surface area contributed by atoms with Gasteiger partial charge in [0.1, 0.15) is 5.82 Å². The molecule has 2 saturated carbocycles. The van der Waals surface area contributed by atoms with Crippen molar-refractivity contribution in [2.75, 3.05) is 11.4 Å². The van der Waals surface area contributed by atoms with Gasteiger partial charge < -0.3 is 10.2 Å². The Morgan fingerprint density at radius 3 is 2.59 bits per heavy atom. The molecule has 92 valence electrons. The minimum atomic E-state index is 0.713. The second kappa shape index (κ2) is 4.61. The molecule has 4 heteroatoms. The monoisotopic (exact) mass is 232 g/mol. The maximum absolute atomic E-state index is 4.53. The van der Waals surface area contributed by atoms with Crippen molar-refractivity contribution < 1.29 is 0 Å². The van der Waals surface area contributed by atoms with Gasteiger partial charge in [-0.05, 0) is 32.6 Å². The van der Waals surface area contributed by atoms with Crippen molar-refractivity contribution in [1.29, 1.82) is 0 Å². The topological polar surface area (TPSA) is 41.1 Å². The highest BCUT2D eigenvalue weighted by atomic mass is 15.2. The van der Waals surface area contributed by atoms with Crippen LogP contribution >= 0.6 is 0 Å². The summed E-state index contributed by atoms with van der Waals surface area (Å²) in [5.74, 6) is 1.03. The van der Waals surface area contributed by atoms with Crippen LogP contribution in [-0.4, -0.2) is 28.6 Å². The van der Waals surface area contributed by atoms with Crippen LogP contribution in [-0.2, 0) is 6.54 Å². The van der Waals surface area contributed by atoms with Crippen molar-refractivity contribution in [3.63, 3.8) is 0 Å². The average Bonchev–Trinajstić information content (AvgIpc) is 3.23. The molecule has 0 spiro atoms. The standard InChI is InChI=1S/C13H20N4/c1-2-17(12-5-6-12)13-9-15-11(8-16-13)7-14-10-3-4-10/h8-10,12,14H,2-7H2,1H3. The van der Waals surface area contributed by atoms with Crippen molar-refractivity contribution in [2.45, 2.75) is 51.2 Å². The zero-order valence-electron chi connectivity index (χ0n) is 10.4. The zero-order valence-corrected chi connectivity index (χ0v) is 10.4. The summed E-state index contributed by atoms with van der Waals surface area (Å²) in [7, 11) is 0. The van der Waals surface area contributed by atoms with Crippen LogP contribution in [0.25, 0.3) is 0 Å². The van der Waals surface area contributed by atoms with Gasteiger partial charge in [0.25, 0.3) is 0 Å². The minimum Gasteiger partial charge on any atom is -0.353 e. The van der Waals surface area contributed by atoms with E-state index in [0.29, 0.717) is 6.04 Å². The fourth-order valence-electron chi connectivity index (χ4n) is 2.12. The molecule has 0 atom stereocenters. The molecule has 0 bridgehead atoms. The molecule has 17 heavy (non-hydrogen) atoms. The quantitative estimate of drug-likeness (QED) is 0.811. The Labute approximate surface area is 102 Å². The number of hydrogen-bond donors (Lipinski definition) is 1. The SMILES string of the molecule is CCN(c1cnc(CNC2CC2)cn1)C1CC1. The molecule has 1 aromatic heterocycles. The summed E-state index contributed by atoms with van der Waals surface area (Å²) in [6.45, 7) is 4.06. The lowest BCUT2D eigenvalue weighted by molar-refractivity contribution is 0.670. The van der Waals surface area contributed by atoms with Crippen LogP contribution < -0.4 is 10.2 Å². The Kier molecular flexibility index (Phi) is 2.97. The molecule has 2 fully saturated rings. The number of nitrogens with one attached hydrogen (secondary N) is 1. The molecule has 4 nitrogen and oxygen atoms in total. The van der Waals surface area contributed by atoms with Gasteiger partial charge in [0.05, 0.1) is 18.1 Å². The van der Waals surface area contributed by atoms with E-state index >= 15 is 0 Å². The van der Waals surface area contributed by atoms with E-state index in [2.05, 4.69) is 27.1 Å². The second-order valence-corrected chi connectivity index (χ2v) is 5.04. The van der Waals surface area contributed by atoms with Crippen molar-refractivity contribution in [2.24, 2.45) is 0 Å². The molecular weight excluding hydrogens is 212 g/mol. The lowest BCUT2D eigenvalue weighted by Gasteiger charge is -2.20. The molecule has 1 N–H and O–H groups in total. The highest BCUT2D eigenvalue weighted by Gasteiger charge is 2.29. The first kappa shape index (κ1) is 11.0. The largest absolute Gasteiger partial charge is 0.353 e. The van der Waals surface area contributed by atoms with Gasteiger partial charge in [-0.2, -0.15) is 0 Å². The van der Waals surface area contributed by atoms with Gasteiger partial charge in [-0.15, -0.1) is 0 Å². The van der Waals surface area contributed by atoms with E-state index in [9.17, 15) is 0 Å². The highest BCUT2D eigenvalue weighted by molar-refractivity contribution is 5.39. The van der Waals surface area contributed by atoms with Crippen LogP contribution in [0.5, 0.6) is 0 Å². The third-order valence-electron chi connectivity index (χ3n) is 3.46. The van der Waals surface area contributed by atoms with Crippen LogP contribution in [0.15, 0.2) is 12.4 Å². The van der Waals surface area contributed by atoms with Crippen LogP contribution in [0.2, 0.25) is 0 Å². The van der Waals surface area contributed by atoms with E-state index in [1.54, 1.807) is 0 Å². The number of rotatable bonds is 6. The predicted molar refractivity (Wildman–Crippen MR) is 67.9 cm³/mol. The van der Waals surface area contributed by atoms with E-state index < -0.39 is 0 Å². The predicted octanol–water partition coefficient (Wildman–Crippen LogP) is 1.72. The second-order valence-electron chi connectivity index (χ2n) is 5.04. The molecule has 0 radical (unpaired) electrons. The fourth-order valence-corrected chi connectivity index (χ4v) is 2.12. The first-order chi connectivity index (χ1) is 8.36. The Bertz CT molecular complexity index is 368. The molecule has 0 amide bonds. The smallest absolute Gasteiger partial charge is 0.147 e. The first-order valence-corrected chi connectivity index (χ1v) is 6.67. The van der Waals surface area contributed by atoms with Crippen molar-refractivity contribution in [1.82, 2.24) is 15.3 Å². The molecule has 1 heterocycles. The molecule has 0 saturated heterocycles. The lowest BCUT2D eigenvalue weighted by atomic mass is 10.4. The summed E-state index contributed by atoms with van der Waals surface area (Å²) < 4.78 is 0. The van der Waals surface area contributed by atoms with Crippen molar-refractivity contribution in [3.05, 3.63) is 18.1 Å². The van der Waals surface area contributed by atoms with Crippen molar-refractivity contribution in [3.8, 4) is 0 Å². The van der Waals surface area contributed by atoms with Gasteiger partial charge in [0, 0.05) is 25.2 Å². The molecule has 2 aliphatic carbocycles. The highest BCUT2D eigenvalue weighted by Crippen LogP contribution is 2.29. The summed E-state index contributed by atoms with van der Waals surface area (Å²) in [4.78, 5) is 11.4. The molecular formula is C13H20N4. The van der Waals surface area contributed by atoms with Gasteiger partial charge in [-0.1, -0.05) is 0 Å². The molecule has 0 aliphatic heterocycles. The van der Waals surface area contributed by atoms with Crippen LogP contribution in [0.1, 0.15) is 38.3 Å². The Balaban J connectivity index is 1.61. The van der Waals surface area contributed by atoms with Gasteiger partial charge in [-0.3, -0.25) is 4.98 Å². The summed E-state index contributed by atoms with van der Waals surface area (Å²) in [6, 6.07) is 1.44. The van der Waals surface area contributed by atoms with Crippen LogP contribution in [0.3, 0.4) is 0 Å². The van der Waals surface area contributed by atoms with E-state index in [4.69, 9.17) is 0 Å². The summed E-state index contributed by atoms with van der Waals surface area (Å²) in [5.41, 5.74) is 1.05. The zero-order chi connectivity index (χ0) is 11.7. The van der Waals surface area contributed by atoms with E-state index in [1.807, 2.05) is 12.4 Å². The minimum absolute atomic E-state index is 0.713. The maximum atomic E-state index is 4.53. The fraction of sp³-hybridized carbons (Fsp3) is 0.692.